The number of rotatable bonds is 74. The molecule has 6 nitrogen and oxygen atoms in total. The minimum Gasteiger partial charge on any atom is -0.466 e. The highest BCUT2D eigenvalue weighted by molar-refractivity contribution is 5.76. The van der Waals surface area contributed by atoms with Gasteiger partial charge in [-0.15, -0.1) is 0 Å². The Bertz CT molecular complexity index is 1270. The molecule has 0 heterocycles. The Balaban J connectivity index is 3.37. The quantitative estimate of drug-likeness (QED) is 0.0320. The zero-order chi connectivity index (χ0) is 60.6. The fourth-order valence-corrected chi connectivity index (χ4v) is 12.6. The predicted octanol–water partition coefficient (Wildman–Crippen LogP) is 25.5. The van der Waals surface area contributed by atoms with Gasteiger partial charge in [-0.2, -0.15) is 0 Å². The zero-order valence-electron chi connectivity index (χ0n) is 57.4. The number of carbonyl (C=O) groups excluding carboxylic acids is 2. The molecule has 84 heavy (non-hydrogen) atoms. The Morgan fingerprint density at radius 3 is 0.810 bits per heavy atom. The van der Waals surface area contributed by atoms with Gasteiger partial charge < -0.3 is 20.3 Å². The first-order chi connectivity index (χ1) is 41.5. The summed E-state index contributed by atoms with van der Waals surface area (Å²) in [5, 5.41) is 23.3. The topological polar surface area (TPSA) is 95.9 Å². The van der Waals surface area contributed by atoms with E-state index >= 15 is 0 Å². The van der Waals surface area contributed by atoms with Crippen molar-refractivity contribution in [1.82, 2.24) is 5.32 Å². The maximum absolute atomic E-state index is 12.6. The molecular formula is C78H153NO5. The lowest BCUT2D eigenvalue weighted by Gasteiger charge is -2.20. The van der Waals surface area contributed by atoms with Gasteiger partial charge in [0.25, 0.3) is 0 Å². The van der Waals surface area contributed by atoms with Gasteiger partial charge in [-0.05, 0) is 32.1 Å². The highest BCUT2D eigenvalue weighted by atomic mass is 16.5. The first kappa shape index (κ1) is 82.6. The van der Waals surface area contributed by atoms with Crippen molar-refractivity contribution < 1.29 is 24.5 Å². The van der Waals surface area contributed by atoms with Crippen molar-refractivity contribution in [3.05, 3.63) is 12.2 Å². The summed E-state index contributed by atoms with van der Waals surface area (Å²) in [6.07, 6.45) is 93.2. The van der Waals surface area contributed by atoms with E-state index in [2.05, 4.69) is 19.2 Å². The van der Waals surface area contributed by atoms with E-state index in [0.717, 1.165) is 38.5 Å². The van der Waals surface area contributed by atoms with Crippen LogP contribution < -0.4 is 5.32 Å². The number of allylic oxidation sites excluding steroid dienone is 1. The molecule has 0 fully saturated rings. The third kappa shape index (κ3) is 69.7. The van der Waals surface area contributed by atoms with Gasteiger partial charge in [-0.25, -0.2) is 0 Å². The zero-order valence-corrected chi connectivity index (χ0v) is 57.4. The molecule has 0 spiro atoms. The largest absolute Gasteiger partial charge is 0.466 e. The number of carbonyl (C=O) groups is 2. The van der Waals surface area contributed by atoms with Crippen LogP contribution in [0.3, 0.4) is 0 Å². The summed E-state index contributed by atoms with van der Waals surface area (Å²) in [5.74, 6) is -0.0381. The van der Waals surface area contributed by atoms with Crippen LogP contribution >= 0.6 is 0 Å². The molecule has 2 unspecified atom stereocenters. The number of ether oxygens (including phenoxy) is 1. The second-order valence-corrected chi connectivity index (χ2v) is 27.1. The van der Waals surface area contributed by atoms with Gasteiger partial charge >= 0.3 is 5.97 Å². The van der Waals surface area contributed by atoms with Gasteiger partial charge in [-0.3, -0.25) is 9.59 Å². The maximum Gasteiger partial charge on any atom is 0.305 e. The molecule has 0 aliphatic carbocycles. The van der Waals surface area contributed by atoms with Crippen molar-refractivity contribution in [1.29, 1.82) is 0 Å². The molecule has 6 heteroatoms. The van der Waals surface area contributed by atoms with Crippen molar-refractivity contribution >= 4 is 11.9 Å². The van der Waals surface area contributed by atoms with E-state index in [1.54, 1.807) is 6.08 Å². The maximum atomic E-state index is 12.6. The molecule has 0 aliphatic rings. The molecule has 0 bridgehead atoms. The van der Waals surface area contributed by atoms with E-state index < -0.39 is 12.1 Å². The highest BCUT2D eigenvalue weighted by Gasteiger charge is 2.18. The van der Waals surface area contributed by atoms with Gasteiger partial charge in [0.05, 0.1) is 25.4 Å². The Labute approximate surface area is 527 Å². The second kappa shape index (κ2) is 74.1. The van der Waals surface area contributed by atoms with Crippen LogP contribution in [0.1, 0.15) is 450 Å². The van der Waals surface area contributed by atoms with E-state index in [-0.39, 0.29) is 18.5 Å². The molecule has 0 saturated heterocycles. The SMILES string of the molecule is CCCCCCCCCCCCCCCCCCCCCCCCC/C=C/C(O)C(CO)NC(=O)CCCCCCCCCCCCCCCCCCCCCCCCCCCCOC(=O)CCCCCCCCCCCCCCCCCC. The molecule has 2 atom stereocenters. The minimum atomic E-state index is -0.844. The first-order valence-corrected chi connectivity index (χ1v) is 39.0. The average molecular weight is 1190 g/mol. The molecule has 0 aromatic rings. The van der Waals surface area contributed by atoms with Crippen molar-refractivity contribution in [2.24, 2.45) is 0 Å². The standard InChI is InChI=1S/C78H153NO5/c1-3-5-7-9-11-13-15-17-19-21-22-23-24-27-30-33-36-39-42-46-50-54-58-62-66-70-76(81)75(74-80)79-77(82)71-67-63-59-55-51-47-43-40-37-34-31-28-25-26-29-32-35-38-41-45-49-53-57-61-65-69-73-84-78(83)72-68-64-60-56-52-48-44-20-18-16-14-12-10-8-6-4-2/h66,70,75-76,80-81H,3-65,67-69,71-74H2,1-2H3,(H,79,82)/b70-66+. The van der Waals surface area contributed by atoms with Gasteiger partial charge in [-0.1, -0.05) is 418 Å². The van der Waals surface area contributed by atoms with E-state index in [1.807, 2.05) is 6.08 Å². The van der Waals surface area contributed by atoms with Crippen LogP contribution in [0.2, 0.25) is 0 Å². The lowest BCUT2D eigenvalue weighted by Crippen LogP contribution is -2.45. The number of aliphatic hydroxyl groups is 2. The number of amides is 1. The monoisotopic (exact) mass is 1180 g/mol. The van der Waals surface area contributed by atoms with Crippen LogP contribution in [-0.2, 0) is 14.3 Å². The predicted molar refractivity (Wildman–Crippen MR) is 370 cm³/mol. The molecule has 0 aliphatic heterocycles. The second-order valence-electron chi connectivity index (χ2n) is 27.1. The summed E-state index contributed by atoms with van der Waals surface area (Å²) in [7, 11) is 0. The highest BCUT2D eigenvalue weighted by Crippen LogP contribution is 2.20. The van der Waals surface area contributed by atoms with E-state index in [4.69, 9.17) is 4.74 Å². The van der Waals surface area contributed by atoms with Gasteiger partial charge in [0.15, 0.2) is 0 Å². The van der Waals surface area contributed by atoms with Crippen molar-refractivity contribution in [3.8, 4) is 0 Å². The Morgan fingerprint density at radius 1 is 0.321 bits per heavy atom. The molecule has 500 valence electrons. The van der Waals surface area contributed by atoms with Crippen LogP contribution in [0.4, 0.5) is 0 Å². The first-order valence-electron chi connectivity index (χ1n) is 39.0. The number of esters is 1. The number of nitrogens with one attached hydrogen (secondary N) is 1. The minimum absolute atomic E-state index is 0.0218. The molecule has 0 aromatic carbocycles. The Hall–Kier alpha value is -1.40. The van der Waals surface area contributed by atoms with Crippen LogP contribution in [0.25, 0.3) is 0 Å². The average Bonchev–Trinajstić information content (AvgIpc) is 3.51. The number of hydrogen-bond donors (Lipinski definition) is 3. The van der Waals surface area contributed by atoms with E-state index in [1.165, 1.54) is 385 Å². The fourth-order valence-electron chi connectivity index (χ4n) is 12.6. The van der Waals surface area contributed by atoms with Crippen molar-refractivity contribution in [2.45, 2.75) is 463 Å². The molecule has 0 saturated carbocycles. The van der Waals surface area contributed by atoms with E-state index in [0.29, 0.717) is 19.4 Å². The summed E-state index contributed by atoms with van der Waals surface area (Å²) in [6.45, 7) is 4.97. The van der Waals surface area contributed by atoms with Gasteiger partial charge in [0, 0.05) is 12.8 Å². The fraction of sp³-hybridized carbons (Fsp3) is 0.949. The van der Waals surface area contributed by atoms with E-state index in [9.17, 15) is 19.8 Å². The smallest absolute Gasteiger partial charge is 0.305 e. The lowest BCUT2D eigenvalue weighted by molar-refractivity contribution is -0.143. The third-order valence-corrected chi connectivity index (χ3v) is 18.6. The van der Waals surface area contributed by atoms with Crippen LogP contribution in [0.5, 0.6) is 0 Å². The summed E-state index contributed by atoms with van der Waals surface area (Å²) in [4.78, 5) is 24.7. The van der Waals surface area contributed by atoms with Crippen LogP contribution in [0.15, 0.2) is 12.2 Å². The van der Waals surface area contributed by atoms with Crippen LogP contribution in [0, 0.1) is 0 Å². The molecular weight excluding hydrogens is 1030 g/mol. The third-order valence-electron chi connectivity index (χ3n) is 18.6. The summed E-state index contributed by atoms with van der Waals surface area (Å²) >= 11 is 0. The van der Waals surface area contributed by atoms with Gasteiger partial charge in [0.1, 0.15) is 0 Å². The Morgan fingerprint density at radius 2 is 0.548 bits per heavy atom. The Kier molecular flexibility index (Phi) is 72.8. The molecule has 0 rings (SSSR count). The van der Waals surface area contributed by atoms with Crippen molar-refractivity contribution in [2.75, 3.05) is 13.2 Å². The lowest BCUT2D eigenvalue weighted by atomic mass is 10.0. The number of aliphatic hydroxyl groups excluding tert-OH is 2. The molecule has 1 amide bonds. The van der Waals surface area contributed by atoms with Gasteiger partial charge in [0.2, 0.25) is 5.91 Å². The normalized spacial score (nSPS) is 12.5. The summed E-state index contributed by atoms with van der Waals surface area (Å²) in [5.41, 5.74) is 0. The summed E-state index contributed by atoms with van der Waals surface area (Å²) < 4.78 is 5.51. The number of unbranched alkanes of at least 4 members (excludes halogenated alkanes) is 63. The molecule has 3 N–H and O–H groups in total. The molecule has 0 aromatic heterocycles. The number of hydrogen-bond acceptors (Lipinski definition) is 5. The van der Waals surface area contributed by atoms with Crippen LogP contribution in [-0.4, -0.2) is 47.4 Å². The summed E-state index contributed by atoms with van der Waals surface area (Å²) in [6, 6.07) is -0.627. The van der Waals surface area contributed by atoms with Crippen molar-refractivity contribution in [3.63, 3.8) is 0 Å². The molecule has 0 radical (unpaired) electrons.